The van der Waals surface area contributed by atoms with Gasteiger partial charge in [-0.05, 0) is 25.0 Å². The summed E-state index contributed by atoms with van der Waals surface area (Å²) in [5.74, 6) is -1.14. The highest BCUT2D eigenvalue weighted by Crippen LogP contribution is 2.28. The molecule has 18 heavy (non-hydrogen) atoms. The van der Waals surface area contributed by atoms with Crippen LogP contribution in [0, 0.1) is 15.9 Å². The first kappa shape index (κ1) is 12.3. The maximum atomic E-state index is 13.4. The number of anilines is 1. The van der Waals surface area contributed by atoms with Gasteiger partial charge in [0, 0.05) is 6.54 Å². The van der Waals surface area contributed by atoms with Crippen molar-refractivity contribution in [3.63, 3.8) is 0 Å². The van der Waals surface area contributed by atoms with Gasteiger partial charge in [0.1, 0.15) is 11.7 Å². The Hall–Kier alpha value is -2.18. The van der Waals surface area contributed by atoms with Gasteiger partial charge in [-0.3, -0.25) is 14.9 Å². The Balaban J connectivity index is 2.25. The Morgan fingerprint density at radius 1 is 1.50 bits per heavy atom. The van der Waals surface area contributed by atoms with E-state index < -0.39 is 22.5 Å². The summed E-state index contributed by atoms with van der Waals surface area (Å²) in [6.45, 7) is 0.599. The smallest absolute Gasteiger partial charge is 0.327 e. The highest BCUT2D eigenvalue weighted by Gasteiger charge is 2.26. The lowest BCUT2D eigenvalue weighted by atomic mass is 10.1. The Labute approximate surface area is 102 Å². The number of carbonyl (C=O) groups is 1. The largest absolute Gasteiger partial charge is 0.368 e. The van der Waals surface area contributed by atoms with Crippen molar-refractivity contribution in [3.8, 4) is 0 Å². The molecule has 1 aliphatic heterocycles. The van der Waals surface area contributed by atoms with Gasteiger partial charge in [0.05, 0.1) is 4.92 Å². The molecule has 0 spiro atoms. The molecule has 0 radical (unpaired) electrons. The summed E-state index contributed by atoms with van der Waals surface area (Å²) in [5, 5.41) is 16.2. The fourth-order valence-corrected chi connectivity index (χ4v) is 1.91. The van der Waals surface area contributed by atoms with Crippen LogP contribution in [-0.4, -0.2) is 23.4 Å². The van der Waals surface area contributed by atoms with Gasteiger partial charge >= 0.3 is 5.69 Å². The first-order valence-corrected chi connectivity index (χ1v) is 5.57. The minimum atomic E-state index is -0.916. The van der Waals surface area contributed by atoms with Crippen molar-refractivity contribution in [1.29, 1.82) is 0 Å². The molecule has 1 aromatic rings. The zero-order valence-electron chi connectivity index (χ0n) is 9.48. The third kappa shape index (κ3) is 2.39. The second kappa shape index (κ2) is 4.99. The highest BCUT2D eigenvalue weighted by molar-refractivity contribution is 5.86. The third-order valence-electron chi connectivity index (χ3n) is 2.78. The zero-order chi connectivity index (χ0) is 13.1. The van der Waals surface area contributed by atoms with Crippen molar-refractivity contribution in [3.05, 3.63) is 34.1 Å². The molecular formula is C11H12FN3O3. The van der Waals surface area contributed by atoms with Gasteiger partial charge in [0.15, 0.2) is 0 Å². The Morgan fingerprint density at radius 2 is 2.28 bits per heavy atom. The average molecular weight is 253 g/mol. The molecule has 1 aromatic carbocycles. The molecule has 96 valence electrons. The first-order chi connectivity index (χ1) is 8.59. The van der Waals surface area contributed by atoms with Crippen molar-refractivity contribution in [1.82, 2.24) is 5.32 Å². The molecule has 2 N–H and O–H groups in total. The van der Waals surface area contributed by atoms with Crippen LogP contribution in [0.2, 0.25) is 0 Å². The van der Waals surface area contributed by atoms with Crippen LogP contribution in [0.25, 0.3) is 0 Å². The number of benzene rings is 1. The Bertz CT molecular complexity index is 492. The molecule has 6 nitrogen and oxygen atoms in total. The monoisotopic (exact) mass is 253 g/mol. The normalized spacial score (nSPS) is 19.2. The van der Waals surface area contributed by atoms with Crippen LogP contribution in [0.3, 0.4) is 0 Å². The van der Waals surface area contributed by atoms with Crippen molar-refractivity contribution >= 4 is 17.3 Å². The lowest BCUT2D eigenvalue weighted by molar-refractivity contribution is -0.386. The summed E-state index contributed by atoms with van der Waals surface area (Å²) in [7, 11) is 0. The number of nitrogens with zero attached hydrogens (tertiary/aromatic N) is 1. The van der Waals surface area contributed by atoms with Crippen molar-refractivity contribution in [2.45, 2.75) is 18.9 Å². The van der Waals surface area contributed by atoms with E-state index in [1.807, 2.05) is 0 Å². The lowest BCUT2D eigenvalue weighted by Gasteiger charge is -2.23. The molecule has 2 rings (SSSR count). The summed E-state index contributed by atoms with van der Waals surface area (Å²) in [4.78, 5) is 21.5. The lowest BCUT2D eigenvalue weighted by Crippen LogP contribution is -2.44. The SMILES string of the molecule is O=C1NCCCC1Nc1cccc(F)c1[N+](=O)[O-]. The fraction of sp³-hybridized carbons (Fsp3) is 0.364. The number of nitrogens with one attached hydrogen (secondary N) is 2. The second-order valence-electron chi connectivity index (χ2n) is 4.02. The van der Waals surface area contributed by atoms with E-state index in [2.05, 4.69) is 10.6 Å². The number of carbonyl (C=O) groups excluding carboxylic acids is 1. The van der Waals surface area contributed by atoms with Crippen molar-refractivity contribution in [2.75, 3.05) is 11.9 Å². The molecule has 1 fully saturated rings. The molecule has 1 heterocycles. The van der Waals surface area contributed by atoms with Crippen LogP contribution >= 0.6 is 0 Å². The molecule has 1 aliphatic rings. The molecule has 1 atom stereocenters. The summed E-state index contributed by atoms with van der Waals surface area (Å²) in [6.07, 6.45) is 1.35. The van der Waals surface area contributed by atoms with E-state index in [4.69, 9.17) is 0 Å². The minimum absolute atomic E-state index is 0.0297. The molecule has 0 aromatic heterocycles. The van der Waals surface area contributed by atoms with E-state index in [0.717, 1.165) is 12.5 Å². The Morgan fingerprint density at radius 3 is 2.94 bits per heavy atom. The highest BCUT2D eigenvalue weighted by atomic mass is 19.1. The number of nitro groups is 1. The summed E-state index contributed by atoms with van der Waals surface area (Å²) in [5.41, 5.74) is -0.599. The van der Waals surface area contributed by atoms with Crippen molar-refractivity contribution in [2.24, 2.45) is 0 Å². The number of rotatable bonds is 3. The molecule has 1 saturated heterocycles. The molecule has 1 unspecified atom stereocenters. The molecule has 0 bridgehead atoms. The van der Waals surface area contributed by atoms with Crippen LogP contribution in [0.4, 0.5) is 15.8 Å². The molecule has 0 saturated carbocycles. The van der Waals surface area contributed by atoms with Gasteiger partial charge in [-0.15, -0.1) is 0 Å². The average Bonchev–Trinajstić information content (AvgIpc) is 2.31. The maximum absolute atomic E-state index is 13.4. The van der Waals surface area contributed by atoms with Crippen LogP contribution in [-0.2, 0) is 4.79 Å². The molecule has 0 aliphatic carbocycles. The summed E-state index contributed by atoms with van der Waals surface area (Å²) in [6, 6.07) is 3.22. The molecule has 1 amide bonds. The number of piperidine rings is 1. The van der Waals surface area contributed by atoms with E-state index in [1.54, 1.807) is 0 Å². The van der Waals surface area contributed by atoms with Crippen molar-refractivity contribution < 1.29 is 14.1 Å². The summed E-state index contributed by atoms with van der Waals surface area (Å²) >= 11 is 0. The van der Waals surface area contributed by atoms with E-state index >= 15 is 0 Å². The van der Waals surface area contributed by atoms with E-state index in [9.17, 15) is 19.3 Å². The molecular weight excluding hydrogens is 241 g/mol. The topological polar surface area (TPSA) is 84.3 Å². The van der Waals surface area contributed by atoms with Gasteiger partial charge < -0.3 is 10.6 Å². The van der Waals surface area contributed by atoms with Crippen LogP contribution in [0.5, 0.6) is 0 Å². The maximum Gasteiger partial charge on any atom is 0.327 e. The van der Waals surface area contributed by atoms with Crippen LogP contribution < -0.4 is 10.6 Å². The minimum Gasteiger partial charge on any atom is -0.368 e. The zero-order valence-corrected chi connectivity index (χ0v) is 9.48. The number of hydrogen-bond donors (Lipinski definition) is 2. The number of para-hydroxylation sites is 1. The number of amides is 1. The van der Waals surface area contributed by atoms with Gasteiger partial charge in [0.2, 0.25) is 11.7 Å². The fourth-order valence-electron chi connectivity index (χ4n) is 1.91. The predicted molar refractivity (Wildman–Crippen MR) is 62.7 cm³/mol. The standard InChI is InChI=1S/C11H12FN3O3/c12-7-3-1-4-8(10(7)15(17)18)14-9-5-2-6-13-11(9)16/h1,3-4,9,14H,2,5-6H2,(H,13,16). The number of hydrogen-bond acceptors (Lipinski definition) is 4. The second-order valence-corrected chi connectivity index (χ2v) is 4.02. The Kier molecular flexibility index (Phi) is 3.40. The third-order valence-corrected chi connectivity index (χ3v) is 2.78. The number of halogens is 1. The van der Waals surface area contributed by atoms with E-state index in [-0.39, 0.29) is 11.6 Å². The van der Waals surface area contributed by atoms with E-state index in [0.29, 0.717) is 13.0 Å². The summed E-state index contributed by atoms with van der Waals surface area (Å²) < 4.78 is 13.4. The molecule has 7 heteroatoms. The van der Waals surface area contributed by atoms with Gasteiger partial charge in [0.25, 0.3) is 0 Å². The van der Waals surface area contributed by atoms with E-state index in [1.165, 1.54) is 12.1 Å². The van der Waals surface area contributed by atoms with Gasteiger partial charge in [-0.1, -0.05) is 6.07 Å². The van der Waals surface area contributed by atoms with Crippen LogP contribution in [0.1, 0.15) is 12.8 Å². The van der Waals surface area contributed by atoms with Gasteiger partial charge in [-0.25, -0.2) is 0 Å². The van der Waals surface area contributed by atoms with Crippen LogP contribution in [0.15, 0.2) is 18.2 Å². The quantitative estimate of drug-likeness (QED) is 0.630. The van der Waals surface area contributed by atoms with Gasteiger partial charge in [-0.2, -0.15) is 4.39 Å². The number of nitro benzene ring substituents is 1. The first-order valence-electron chi connectivity index (χ1n) is 5.57. The predicted octanol–water partition coefficient (Wildman–Crippen LogP) is 1.42.